The summed E-state index contributed by atoms with van der Waals surface area (Å²) < 4.78 is 33.6. The smallest absolute Gasteiger partial charge is 0.270 e. The predicted octanol–water partition coefficient (Wildman–Crippen LogP) is 3.04. The van der Waals surface area contributed by atoms with Crippen molar-refractivity contribution in [3.05, 3.63) is 93.5 Å². The van der Waals surface area contributed by atoms with E-state index < -0.39 is 26.8 Å². The normalized spacial score (nSPS) is 10.8. The second-order valence-corrected chi connectivity index (χ2v) is 8.89. The number of anilines is 1. The van der Waals surface area contributed by atoms with Crippen LogP contribution in [0.15, 0.2) is 71.6 Å². The summed E-state index contributed by atoms with van der Waals surface area (Å²) in [7, 11) is -2.83. The van der Waals surface area contributed by atoms with Crippen LogP contribution in [0.25, 0.3) is 0 Å². The fourth-order valence-electron chi connectivity index (χ4n) is 3.07. The number of rotatable bonds is 8. The van der Waals surface area contributed by atoms with Crippen molar-refractivity contribution in [1.82, 2.24) is 10.9 Å². The number of nitrogens with one attached hydrogen (secondary N) is 3. The molecular formula is C23H22N4O7S. The number of hydrogen-bond donors (Lipinski definition) is 3. The van der Waals surface area contributed by atoms with E-state index in [1.165, 1.54) is 37.4 Å². The van der Waals surface area contributed by atoms with Gasteiger partial charge in [-0.05, 0) is 48.4 Å². The van der Waals surface area contributed by atoms with Crippen molar-refractivity contribution in [2.45, 2.75) is 18.2 Å². The van der Waals surface area contributed by atoms with Crippen LogP contribution in [0.3, 0.4) is 0 Å². The van der Waals surface area contributed by atoms with Crippen molar-refractivity contribution in [3.8, 4) is 5.75 Å². The van der Waals surface area contributed by atoms with Gasteiger partial charge in [0.25, 0.3) is 27.5 Å². The highest BCUT2D eigenvalue weighted by atomic mass is 32.2. The second kappa shape index (κ2) is 10.7. The number of amides is 2. The molecule has 182 valence electrons. The molecule has 0 radical (unpaired) electrons. The zero-order valence-electron chi connectivity index (χ0n) is 18.8. The number of sulfonamides is 1. The monoisotopic (exact) mass is 498 g/mol. The Bertz CT molecular complexity index is 1370. The summed E-state index contributed by atoms with van der Waals surface area (Å²) >= 11 is 0. The Labute approximate surface area is 201 Å². The van der Waals surface area contributed by atoms with Crippen LogP contribution in [0.4, 0.5) is 11.4 Å². The van der Waals surface area contributed by atoms with Gasteiger partial charge in [-0.15, -0.1) is 0 Å². The first-order valence-electron chi connectivity index (χ1n) is 10.3. The number of aryl methyl sites for hydroxylation is 1. The molecule has 0 unspecified atom stereocenters. The largest absolute Gasteiger partial charge is 0.495 e. The molecule has 3 aromatic carbocycles. The quantitative estimate of drug-likeness (QED) is 0.318. The van der Waals surface area contributed by atoms with Crippen LogP contribution in [0.5, 0.6) is 5.75 Å². The highest BCUT2D eigenvalue weighted by Crippen LogP contribution is 2.27. The molecule has 0 fully saturated rings. The van der Waals surface area contributed by atoms with Crippen LogP contribution in [-0.2, 0) is 16.4 Å². The van der Waals surface area contributed by atoms with Crippen molar-refractivity contribution >= 4 is 33.2 Å². The number of hydrazine groups is 1. The van der Waals surface area contributed by atoms with E-state index in [-0.39, 0.29) is 27.5 Å². The zero-order chi connectivity index (χ0) is 25.6. The van der Waals surface area contributed by atoms with Gasteiger partial charge in [0.1, 0.15) is 10.6 Å². The number of carbonyl (C=O) groups is 2. The van der Waals surface area contributed by atoms with E-state index in [2.05, 4.69) is 15.6 Å². The van der Waals surface area contributed by atoms with Gasteiger partial charge in [0, 0.05) is 28.9 Å². The number of hydrogen-bond acceptors (Lipinski definition) is 7. The molecule has 0 atom stereocenters. The molecule has 0 aliphatic rings. The summed E-state index contributed by atoms with van der Waals surface area (Å²) in [6.45, 7) is 1.98. The lowest BCUT2D eigenvalue weighted by molar-refractivity contribution is -0.384. The van der Waals surface area contributed by atoms with E-state index in [9.17, 15) is 28.1 Å². The van der Waals surface area contributed by atoms with Gasteiger partial charge in [-0.25, -0.2) is 8.42 Å². The minimum Gasteiger partial charge on any atom is -0.495 e. The van der Waals surface area contributed by atoms with Gasteiger partial charge in [-0.2, -0.15) is 0 Å². The third-order valence-corrected chi connectivity index (χ3v) is 6.34. The van der Waals surface area contributed by atoms with Crippen LogP contribution in [0, 0.1) is 10.1 Å². The van der Waals surface area contributed by atoms with Gasteiger partial charge in [0.2, 0.25) is 0 Å². The fourth-order valence-corrected chi connectivity index (χ4v) is 4.32. The summed E-state index contributed by atoms with van der Waals surface area (Å²) in [5.41, 5.74) is 5.27. The number of carbonyl (C=O) groups excluding carboxylic acids is 2. The van der Waals surface area contributed by atoms with E-state index in [1.807, 2.05) is 6.92 Å². The molecule has 3 N–H and O–H groups in total. The van der Waals surface area contributed by atoms with Gasteiger partial charge in [-0.1, -0.05) is 25.1 Å². The molecule has 3 rings (SSSR count). The van der Waals surface area contributed by atoms with E-state index in [0.717, 1.165) is 24.1 Å². The van der Waals surface area contributed by atoms with E-state index in [0.29, 0.717) is 5.69 Å². The number of ether oxygens (including phenoxy) is 1. The Hall–Kier alpha value is -4.45. The van der Waals surface area contributed by atoms with Crippen molar-refractivity contribution in [2.24, 2.45) is 0 Å². The minimum atomic E-state index is -4.13. The van der Waals surface area contributed by atoms with Crippen LogP contribution in [-0.4, -0.2) is 32.3 Å². The summed E-state index contributed by atoms with van der Waals surface area (Å²) in [4.78, 5) is 34.8. The predicted molar refractivity (Wildman–Crippen MR) is 128 cm³/mol. The lowest BCUT2D eigenvalue weighted by Crippen LogP contribution is -2.41. The molecule has 0 aliphatic heterocycles. The lowest BCUT2D eigenvalue weighted by Gasteiger charge is -2.14. The number of benzene rings is 3. The van der Waals surface area contributed by atoms with Gasteiger partial charge < -0.3 is 4.74 Å². The zero-order valence-corrected chi connectivity index (χ0v) is 19.6. The van der Waals surface area contributed by atoms with Crippen molar-refractivity contribution < 1.29 is 27.7 Å². The first-order chi connectivity index (χ1) is 16.6. The molecule has 0 saturated carbocycles. The lowest BCUT2D eigenvalue weighted by atomic mass is 10.2. The maximum Gasteiger partial charge on any atom is 0.270 e. The summed E-state index contributed by atoms with van der Waals surface area (Å²) in [5, 5.41) is 10.9. The van der Waals surface area contributed by atoms with Crippen molar-refractivity contribution in [3.63, 3.8) is 0 Å². The highest BCUT2D eigenvalue weighted by molar-refractivity contribution is 7.92. The number of nitro benzene ring substituents is 1. The molecule has 0 aromatic heterocycles. The average Bonchev–Trinajstić information content (AvgIpc) is 2.86. The molecule has 12 heteroatoms. The molecule has 0 spiro atoms. The van der Waals surface area contributed by atoms with E-state index in [1.54, 1.807) is 24.3 Å². The Morgan fingerprint density at radius 1 is 0.943 bits per heavy atom. The summed E-state index contributed by atoms with van der Waals surface area (Å²) in [6, 6.07) is 15.5. The highest BCUT2D eigenvalue weighted by Gasteiger charge is 2.22. The topological polar surface area (TPSA) is 157 Å². The molecule has 11 nitrogen and oxygen atoms in total. The Morgan fingerprint density at radius 2 is 1.57 bits per heavy atom. The standard InChI is InChI=1S/C23H22N4O7S/c1-3-15-7-10-18(11-8-15)26-35(32,33)21-14-17(9-12-20(21)34-2)23(29)25-24-22(28)16-5-4-6-19(13-16)27(30)31/h4-14,26H,3H2,1-2H3,(H,24,28)(H,25,29). The SMILES string of the molecule is CCc1ccc(NS(=O)(=O)c2cc(C(=O)NNC(=O)c3cccc([N+](=O)[O-])c3)ccc2OC)cc1. The maximum atomic E-state index is 13.0. The van der Waals surface area contributed by atoms with Gasteiger partial charge in [0.05, 0.1) is 12.0 Å². The van der Waals surface area contributed by atoms with Crippen LogP contribution < -0.4 is 20.3 Å². The van der Waals surface area contributed by atoms with Crippen molar-refractivity contribution in [2.75, 3.05) is 11.8 Å². The third kappa shape index (κ3) is 6.12. The minimum absolute atomic E-state index is 0.0138. The van der Waals surface area contributed by atoms with E-state index in [4.69, 9.17) is 4.74 Å². The van der Waals surface area contributed by atoms with Crippen LogP contribution in [0.1, 0.15) is 33.2 Å². The molecule has 0 aliphatic carbocycles. The Balaban J connectivity index is 1.78. The molecule has 2 amide bonds. The number of nitrogens with zero attached hydrogens (tertiary/aromatic N) is 1. The third-order valence-electron chi connectivity index (χ3n) is 4.94. The van der Waals surface area contributed by atoms with Gasteiger partial charge in [-0.3, -0.25) is 35.3 Å². The van der Waals surface area contributed by atoms with Crippen LogP contribution in [0.2, 0.25) is 0 Å². The molecule has 0 saturated heterocycles. The van der Waals surface area contributed by atoms with Gasteiger partial charge in [0.15, 0.2) is 0 Å². The van der Waals surface area contributed by atoms with Gasteiger partial charge >= 0.3 is 0 Å². The van der Waals surface area contributed by atoms with Crippen molar-refractivity contribution in [1.29, 1.82) is 0 Å². The maximum absolute atomic E-state index is 13.0. The second-order valence-electron chi connectivity index (χ2n) is 7.24. The van der Waals surface area contributed by atoms with Crippen LogP contribution >= 0.6 is 0 Å². The average molecular weight is 499 g/mol. The summed E-state index contributed by atoms with van der Waals surface area (Å²) in [5.74, 6) is -1.59. The molecule has 0 heterocycles. The molecular weight excluding hydrogens is 476 g/mol. The summed E-state index contributed by atoms with van der Waals surface area (Å²) in [6.07, 6.45) is 0.801. The number of non-ortho nitro benzene ring substituents is 1. The fraction of sp³-hybridized carbons (Fsp3) is 0.130. The Morgan fingerprint density at radius 3 is 2.14 bits per heavy atom. The van der Waals surface area contributed by atoms with E-state index >= 15 is 0 Å². The Kier molecular flexibility index (Phi) is 7.66. The number of methoxy groups -OCH3 is 1. The first kappa shape index (κ1) is 25.2. The number of nitro groups is 1. The molecule has 35 heavy (non-hydrogen) atoms. The first-order valence-corrected chi connectivity index (χ1v) is 11.8. The molecule has 3 aromatic rings. The molecule has 0 bridgehead atoms.